The lowest BCUT2D eigenvalue weighted by Crippen LogP contribution is -2.36. The molecule has 1 aromatic carbocycles. The van der Waals surface area contributed by atoms with E-state index in [-0.39, 0.29) is 18.8 Å². The topological polar surface area (TPSA) is 71.1 Å². The summed E-state index contributed by atoms with van der Waals surface area (Å²) in [6.45, 7) is -0.431. The van der Waals surface area contributed by atoms with Crippen LogP contribution in [-0.2, 0) is 17.5 Å². The Hall–Kier alpha value is -2.61. The van der Waals surface area contributed by atoms with Crippen LogP contribution < -0.4 is 10.6 Å². The van der Waals surface area contributed by atoms with Crippen molar-refractivity contribution in [2.24, 2.45) is 0 Å². The van der Waals surface area contributed by atoms with Gasteiger partial charge >= 0.3 is 6.18 Å². The van der Waals surface area contributed by atoms with Gasteiger partial charge in [-0.1, -0.05) is 23.7 Å². The van der Waals surface area contributed by atoms with Gasteiger partial charge in [0.25, 0.3) is 5.91 Å². The second-order valence-electron chi connectivity index (χ2n) is 5.02. The molecule has 0 aliphatic rings. The Morgan fingerprint density at radius 3 is 2.56 bits per heavy atom. The van der Waals surface area contributed by atoms with Gasteiger partial charge in [-0.05, 0) is 29.8 Å². The number of alkyl halides is 3. The van der Waals surface area contributed by atoms with Crippen LogP contribution in [0, 0.1) is 0 Å². The minimum atomic E-state index is -4.45. The molecule has 0 fully saturated rings. The fourth-order valence-electron chi connectivity index (χ4n) is 1.90. The fourth-order valence-corrected chi connectivity index (χ4v) is 2.06. The van der Waals surface area contributed by atoms with Crippen LogP contribution in [0.2, 0.25) is 5.02 Å². The summed E-state index contributed by atoms with van der Waals surface area (Å²) in [5.41, 5.74) is -0.441. The summed E-state index contributed by atoms with van der Waals surface area (Å²) < 4.78 is 37.8. The van der Waals surface area contributed by atoms with Crippen LogP contribution in [0.25, 0.3) is 0 Å². The van der Waals surface area contributed by atoms with Crippen molar-refractivity contribution in [3.63, 3.8) is 0 Å². The molecule has 1 aromatic heterocycles. The van der Waals surface area contributed by atoms with Crippen molar-refractivity contribution in [1.29, 1.82) is 0 Å². The normalized spacial score (nSPS) is 11.0. The number of hydrogen-bond acceptors (Lipinski definition) is 3. The van der Waals surface area contributed by atoms with Crippen molar-refractivity contribution < 1.29 is 22.8 Å². The van der Waals surface area contributed by atoms with Crippen LogP contribution in [0.15, 0.2) is 42.6 Å². The van der Waals surface area contributed by atoms with E-state index >= 15 is 0 Å². The summed E-state index contributed by atoms with van der Waals surface area (Å²) in [4.78, 5) is 27.3. The molecule has 0 radical (unpaired) electrons. The van der Waals surface area contributed by atoms with Crippen molar-refractivity contribution in [2.75, 3.05) is 6.54 Å². The van der Waals surface area contributed by atoms with Crippen LogP contribution >= 0.6 is 11.6 Å². The SMILES string of the molecule is O=C(CNC(=O)c1cc(Cl)ccn1)NCc1cccc(C(F)(F)F)c1. The molecule has 0 unspecified atom stereocenters. The lowest BCUT2D eigenvalue weighted by atomic mass is 10.1. The third-order valence-electron chi connectivity index (χ3n) is 3.11. The minimum absolute atomic E-state index is 0.0539. The molecule has 0 aliphatic carbocycles. The third kappa shape index (κ3) is 5.75. The Labute approximate surface area is 146 Å². The smallest absolute Gasteiger partial charge is 0.350 e. The highest BCUT2D eigenvalue weighted by Gasteiger charge is 2.30. The van der Waals surface area contributed by atoms with Crippen molar-refractivity contribution >= 4 is 23.4 Å². The zero-order valence-electron chi connectivity index (χ0n) is 12.7. The Morgan fingerprint density at radius 1 is 1.12 bits per heavy atom. The zero-order chi connectivity index (χ0) is 18.4. The van der Waals surface area contributed by atoms with Gasteiger partial charge in [-0.15, -0.1) is 0 Å². The summed E-state index contributed by atoms with van der Waals surface area (Å²) in [7, 11) is 0. The van der Waals surface area contributed by atoms with E-state index in [4.69, 9.17) is 11.6 Å². The van der Waals surface area contributed by atoms with E-state index in [0.29, 0.717) is 10.6 Å². The van der Waals surface area contributed by atoms with Gasteiger partial charge in [-0.25, -0.2) is 0 Å². The molecule has 0 atom stereocenters. The first-order valence-corrected chi connectivity index (χ1v) is 7.46. The van der Waals surface area contributed by atoms with E-state index in [1.54, 1.807) is 0 Å². The molecule has 2 amide bonds. The van der Waals surface area contributed by atoms with E-state index < -0.39 is 23.6 Å². The predicted molar refractivity (Wildman–Crippen MR) is 84.9 cm³/mol. The Bertz CT molecular complexity index is 781. The lowest BCUT2D eigenvalue weighted by molar-refractivity contribution is -0.137. The highest BCUT2D eigenvalue weighted by molar-refractivity contribution is 6.30. The highest BCUT2D eigenvalue weighted by atomic mass is 35.5. The number of carbonyl (C=O) groups is 2. The van der Waals surface area contributed by atoms with Crippen molar-refractivity contribution in [3.8, 4) is 0 Å². The number of benzene rings is 1. The molecule has 0 bridgehead atoms. The molecule has 2 aromatic rings. The molecule has 9 heteroatoms. The maximum absolute atomic E-state index is 12.6. The third-order valence-corrected chi connectivity index (χ3v) is 3.34. The number of amides is 2. The minimum Gasteiger partial charge on any atom is -0.350 e. The molecular weight excluding hydrogens is 359 g/mol. The average Bonchev–Trinajstić information content (AvgIpc) is 2.57. The first-order valence-electron chi connectivity index (χ1n) is 7.08. The van der Waals surface area contributed by atoms with Gasteiger partial charge in [0.2, 0.25) is 5.91 Å². The molecule has 25 heavy (non-hydrogen) atoms. The summed E-state index contributed by atoms with van der Waals surface area (Å²) in [6, 6.07) is 7.47. The van der Waals surface area contributed by atoms with Crippen LogP contribution in [0.3, 0.4) is 0 Å². The largest absolute Gasteiger partial charge is 0.416 e. The maximum Gasteiger partial charge on any atom is 0.416 e. The number of rotatable bonds is 5. The molecule has 0 saturated carbocycles. The maximum atomic E-state index is 12.6. The second-order valence-corrected chi connectivity index (χ2v) is 5.45. The second kappa shape index (κ2) is 7.98. The van der Waals surface area contributed by atoms with Gasteiger partial charge < -0.3 is 10.6 Å². The van der Waals surface area contributed by atoms with Gasteiger partial charge in [0.1, 0.15) is 5.69 Å². The molecule has 0 aliphatic heterocycles. The molecule has 0 saturated heterocycles. The van der Waals surface area contributed by atoms with E-state index in [1.807, 2.05) is 0 Å². The predicted octanol–water partition coefficient (Wildman–Crippen LogP) is 2.80. The average molecular weight is 372 g/mol. The van der Waals surface area contributed by atoms with Crippen molar-refractivity contribution in [3.05, 3.63) is 64.4 Å². The number of aromatic nitrogens is 1. The molecule has 132 valence electrons. The van der Waals surface area contributed by atoms with Gasteiger partial charge in [0.05, 0.1) is 12.1 Å². The van der Waals surface area contributed by atoms with Crippen LogP contribution in [0.4, 0.5) is 13.2 Å². The molecule has 0 spiro atoms. The summed E-state index contributed by atoms with van der Waals surface area (Å²) >= 11 is 5.73. The summed E-state index contributed by atoms with van der Waals surface area (Å²) in [5.74, 6) is -1.13. The van der Waals surface area contributed by atoms with E-state index in [0.717, 1.165) is 12.1 Å². The number of nitrogens with one attached hydrogen (secondary N) is 2. The van der Waals surface area contributed by atoms with Crippen molar-refractivity contribution in [1.82, 2.24) is 15.6 Å². The first kappa shape index (κ1) is 18.7. The summed E-state index contributed by atoms with van der Waals surface area (Å²) in [5, 5.41) is 5.10. The monoisotopic (exact) mass is 371 g/mol. The summed E-state index contributed by atoms with van der Waals surface area (Å²) in [6.07, 6.45) is -3.09. The molecule has 1 heterocycles. The van der Waals surface area contributed by atoms with Gasteiger partial charge in [-0.2, -0.15) is 13.2 Å². The standard InChI is InChI=1S/C16H13ClF3N3O2/c17-12-4-5-21-13(7-12)15(25)23-9-14(24)22-8-10-2-1-3-11(6-10)16(18,19)20/h1-7H,8-9H2,(H,22,24)(H,23,25). The number of halogens is 4. The fraction of sp³-hybridized carbons (Fsp3) is 0.188. The van der Waals surface area contributed by atoms with E-state index in [2.05, 4.69) is 15.6 Å². The zero-order valence-corrected chi connectivity index (χ0v) is 13.5. The van der Waals surface area contributed by atoms with Crippen molar-refractivity contribution in [2.45, 2.75) is 12.7 Å². The number of pyridine rings is 1. The number of carbonyl (C=O) groups excluding carboxylic acids is 2. The quantitative estimate of drug-likeness (QED) is 0.849. The van der Waals surface area contributed by atoms with Gasteiger partial charge in [0, 0.05) is 17.8 Å². The molecule has 2 N–H and O–H groups in total. The van der Waals surface area contributed by atoms with Crippen LogP contribution in [-0.4, -0.2) is 23.3 Å². The van der Waals surface area contributed by atoms with Gasteiger partial charge in [0.15, 0.2) is 0 Å². The molecular formula is C16H13ClF3N3O2. The highest BCUT2D eigenvalue weighted by Crippen LogP contribution is 2.29. The number of hydrogen-bond donors (Lipinski definition) is 2. The van der Waals surface area contributed by atoms with E-state index in [1.165, 1.54) is 30.5 Å². The Kier molecular flexibility index (Phi) is 5.97. The van der Waals surface area contributed by atoms with Gasteiger partial charge in [-0.3, -0.25) is 14.6 Å². The first-order chi connectivity index (χ1) is 11.8. The molecule has 5 nitrogen and oxygen atoms in total. The van der Waals surface area contributed by atoms with Crippen LogP contribution in [0.1, 0.15) is 21.6 Å². The number of nitrogens with zero attached hydrogens (tertiary/aromatic N) is 1. The Balaban J connectivity index is 1.84. The van der Waals surface area contributed by atoms with Crippen LogP contribution in [0.5, 0.6) is 0 Å². The molecule has 2 rings (SSSR count). The lowest BCUT2D eigenvalue weighted by Gasteiger charge is -2.10. The van der Waals surface area contributed by atoms with E-state index in [9.17, 15) is 22.8 Å². The Morgan fingerprint density at radius 2 is 1.88 bits per heavy atom.